The van der Waals surface area contributed by atoms with Gasteiger partial charge in [0, 0.05) is 19.2 Å². The molecule has 0 aromatic carbocycles. The minimum Gasteiger partial charge on any atom is -0.378 e. The van der Waals surface area contributed by atoms with Crippen LogP contribution in [0.25, 0.3) is 0 Å². The Morgan fingerprint density at radius 2 is 2.37 bits per heavy atom. The van der Waals surface area contributed by atoms with Crippen LogP contribution < -0.4 is 5.32 Å². The normalized spacial score (nSPS) is 23.3. The third kappa shape index (κ3) is 2.86. The molecule has 7 heteroatoms. The molecule has 1 aliphatic rings. The summed E-state index contributed by atoms with van der Waals surface area (Å²) in [5.74, 6) is 0.518. The Labute approximate surface area is 112 Å². The number of anilines is 1. The highest BCUT2D eigenvalue weighted by Gasteiger charge is 2.28. The molecular weight excluding hydrogens is 248 g/mol. The number of rotatable bonds is 4. The fourth-order valence-electron chi connectivity index (χ4n) is 2.48. The molecule has 2 atom stereocenters. The number of ether oxygens (including phenoxy) is 1. The van der Waals surface area contributed by atoms with E-state index in [-0.39, 0.29) is 22.8 Å². The summed E-state index contributed by atoms with van der Waals surface area (Å²) in [7, 11) is 0. The highest BCUT2D eigenvalue weighted by atomic mass is 16.6. The SMILES string of the molecule is CCn1nc(C)c([N+](=O)[O-])c1NC1CCOC(C)C1. The molecule has 7 nitrogen and oxygen atoms in total. The van der Waals surface area contributed by atoms with E-state index >= 15 is 0 Å². The Kier molecular flexibility index (Phi) is 4.04. The van der Waals surface area contributed by atoms with Crippen molar-refractivity contribution in [2.75, 3.05) is 11.9 Å². The fourth-order valence-corrected chi connectivity index (χ4v) is 2.48. The molecule has 19 heavy (non-hydrogen) atoms. The van der Waals surface area contributed by atoms with Crippen molar-refractivity contribution >= 4 is 11.5 Å². The number of nitrogens with one attached hydrogen (secondary N) is 1. The van der Waals surface area contributed by atoms with Crippen LogP contribution in [-0.2, 0) is 11.3 Å². The Morgan fingerprint density at radius 3 is 2.95 bits per heavy atom. The van der Waals surface area contributed by atoms with Crippen LogP contribution in [0, 0.1) is 17.0 Å². The van der Waals surface area contributed by atoms with Gasteiger partial charge in [0.25, 0.3) is 0 Å². The second-order valence-corrected chi connectivity index (χ2v) is 4.90. The van der Waals surface area contributed by atoms with Crippen molar-refractivity contribution < 1.29 is 9.66 Å². The highest BCUT2D eigenvalue weighted by molar-refractivity contribution is 5.60. The molecule has 2 rings (SSSR count). The molecule has 0 spiro atoms. The van der Waals surface area contributed by atoms with Crippen molar-refractivity contribution in [3.05, 3.63) is 15.8 Å². The number of nitro groups is 1. The zero-order valence-electron chi connectivity index (χ0n) is 11.5. The van der Waals surface area contributed by atoms with Crippen LogP contribution in [0.2, 0.25) is 0 Å². The first-order chi connectivity index (χ1) is 9.02. The van der Waals surface area contributed by atoms with E-state index in [4.69, 9.17) is 4.74 Å². The quantitative estimate of drug-likeness (QED) is 0.668. The number of nitrogens with zero attached hydrogens (tertiary/aromatic N) is 3. The first-order valence-electron chi connectivity index (χ1n) is 6.62. The molecule has 0 radical (unpaired) electrons. The molecule has 0 aliphatic carbocycles. The fraction of sp³-hybridized carbons (Fsp3) is 0.750. The summed E-state index contributed by atoms with van der Waals surface area (Å²) in [6.45, 7) is 6.91. The maximum atomic E-state index is 11.2. The van der Waals surface area contributed by atoms with Gasteiger partial charge >= 0.3 is 5.69 Å². The molecule has 1 fully saturated rings. The van der Waals surface area contributed by atoms with Gasteiger partial charge in [0.2, 0.25) is 5.82 Å². The van der Waals surface area contributed by atoms with E-state index in [1.807, 2.05) is 13.8 Å². The summed E-state index contributed by atoms with van der Waals surface area (Å²) in [5.41, 5.74) is 0.537. The summed E-state index contributed by atoms with van der Waals surface area (Å²) in [5, 5.41) is 18.7. The van der Waals surface area contributed by atoms with Gasteiger partial charge in [-0.25, -0.2) is 4.68 Å². The third-order valence-corrected chi connectivity index (χ3v) is 3.40. The van der Waals surface area contributed by atoms with Gasteiger partial charge in [-0.05, 0) is 33.6 Å². The summed E-state index contributed by atoms with van der Waals surface area (Å²) in [6.07, 6.45) is 1.89. The van der Waals surface area contributed by atoms with Crippen LogP contribution in [0.5, 0.6) is 0 Å². The zero-order chi connectivity index (χ0) is 14.0. The Hall–Kier alpha value is -1.63. The van der Waals surface area contributed by atoms with E-state index in [9.17, 15) is 10.1 Å². The van der Waals surface area contributed by atoms with Gasteiger partial charge in [-0.2, -0.15) is 5.10 Å². The van der Waals surface area contributed by atoms with E-state index in [2.05, 4.69) is 10.4 Å². The largest absolute Gasteiger partial charge is 0.378 e. The lowest BCUT2D eigenvalue weighted by Crippen LogP contribution is -2.33. The van der Waals surface area contributed by atoms with E-state index in [0.717, 1.165) is 12.8 Å². The third-order valence-electron chi connectivity index (χ3n) is 3.40. The van der Waals surface area contributed by atoms with Gasteiger partial charge in [-0.15, -0.1) is 0 Å². The average Bonchev–Trinajstić information content (AvgIpc) is 2.65. The molecular formula is C12H20N4O3. The second-order valence-electron chi connectivity index (χ2n) is 4.90. The summed E-state index contributed by atoms with van der Waals surface area (Å²) in [6, 6.07) is 0.198. The number of aromatic nitrogens is 2. The Bertz CT molecular complexity index is 472. The molecule has 0 bridgehead atoms. The Morgan fingerprint density at radius 1 is 1.63 bits per heavy atom. The summed E-state index contributed by atoms with van der Waals surface area (Å²) < 4.78 is 7.15. The lowest BCUT2D eigenvalue weighted by molar-refractivity contribution is -0.384. The predicted molar refractivity (Wildman–Crippen MR) is 71.4 cm³/mol. The molecule has 2 unspecified atom stereocenters. The Balaban J connectivity index is 2.25. The topological polar surface area (TPSA) is 82.2 Å². The van der Waals surface area contributed by atoms with Crippen LogP contribution in [0.4, 0.5) is 11.5 Å². The number of hydrogen-bond donors (Lipinski definition) is 1. The van der Waals surface area contributed by atoms with Crippen molar-refractivity contribution in [2.24, 2.45) is 0 Å². The van der Waals surface area contributed by atoms with E-state index < -0.39 is 0 Å². The lowest BCUT2D eigenvalue weighted by Gasteiger charge is -2.28. The van der Waals surface area contributed by atoms with E-state index in [0.29, 0.717) is 24.7 Å². The van der Waals surface area contributed by atoms with Gasteiger partial charge in [0.05, 0.1) is 11.0 Å². The van der Waals surface area contributed by atoms with Crippen LogP contribution in [-0.4, -0.2) is 33.5 Å². The number of aryl methyl sites for hydroxylation is 2. The molecule has 1 aliphatic heterocycles. The van der Waals surface area contributed by atoms with Crippen LogP contribution >= 0.6 is 0 Å². The van der Waals surface area contributed by atoms with Gasteiger partial charge in [-0.3, -0.25) is 10.1 Å². The van der Waals surface area contributed by atoms with Crippen LogP contribution in [0.15, 0.2) is 0 Å². The van der Waals surface area contributed by atoms with E-state index in [1.54, 1.807) is 11.6 Å². The first kappa shape index (κ1) is 13.8. The molecule has 106 valence electrons. The predicted octanol–water partition coefficient (Wildman–Crippen LogP) is 2.10. The smallest absolute Gasteiger partial charge is 0.333 e. The van der Waals surface area contributed by atoms with Gasteiger partial charge in [-0.1, -0.05) is 0 Å². The molecule has 1 aromatic heterocycles. The van der Waals surface area contributed by atoms with Crippen molar-refractivity contribution in [1.29, 1.82) is 0 Å². The zero-order valence-corrected chi connectivity index (χ0v) is 11.5. The second kappa shape index (κ2) is 5.56. The van der Waals surface area contributed by atoms with Crippen molar-refractivity contribution in [1.82, 2.24) is 9.78 Å². The van der Waals surface area contributed by atoms with Crippen molar-refractivity contribution in [3.8, 4) is 0 Å². The molecule has 1 saturated heterocycles. The van der Waals surface area contributed by atoms with Gasteiger partial charge in [0.15, 0.2) is 0 Å². The standard InChI is InChI=1S/C12H20N4O3/c1-4-15-12(11(16(17)18)9(3)14-15)13-10-5-6-19-8(2)7-10/h8,10,13H,4-7H2,1-3H3. The minimum atomic E-state index is -0.362. The summed E-state index contributed by atoms with van der Waals surface area (Å²) in [4.78, 5) is 10.8. The molecule has 2 heterocycles. The van der Waals surface area contributed by atoms with Crippen molar-refractivity contribution in [2.45, 2.75) is 52.3 Å². The van der Waals surface area contributed by atoms with E-state index in [1.165, 1.54) is 0 Å². The maximum Gasteiger partial charge on any atom is 0.333 e. The van der Waals surface area contributed by atoms with Crippen molar-refractivity contribution in [3.63, 3.8) is 0 Å². The molecule has 1 N–H and O–H groups in total. The van der Waals surface area contributed by atoms with Crippen LogP contribution in [0.3, 0.4) is 0 Å². The highest BCUT2D eigenvalue weighted by Crippen LogP contribution is 2.30. The summed E-state index contributed by atoms with van der Waals surface area (Å²) >= 11 is 0. The molecule has 0 amide bonds. The number of hydrogen-bond acceptors (Lipinski definition) is 5. The van der Waals surface area contributed by atoms with Crippen LogP contribution in [0.1, 0.15) is 32.4 Å². The van der Waals surface area contributed by atoms with Gasteiger partial charge in [0.1, 0.15) is 5.69 Å². The van der Waals surface area contributed by atoms with Gasteiger partial charge < -0.3 is 10.1 Å². The minimum absolute atomic E-state index is 0.0843. The lowest BCUT2D eigenvalue weighted by atomic mass is 10.0. The molecule has 1 aromatic rings. The first-order valence-corrected chi connectivity index (χ1v) is 6.62. The molecule has 0 saturated carbocycles. The average molecular weight is 268 g/mol. The maximum absolute atomic E-state index is 11.2. The monoisotopic (exact) mass is 268 g/mol.